The minimum atomic E-state index is -4.37. The molecule has 1 aromatic carbocycles. The summed E-state index contributed by atoms with van der Waals surface area (Å²) in [6.45, 7) is 0.571. The number of nitrogens with two attached hydrogens (primary N) is 1. The van der Waals surface area contributed by atoms with Crippen LogP contribution in [0.15, 0.2) is 42.7 Å². The first-order chi connectivity index (χ1) is 9.47. The summed E-state index contributed by atoms with van der Waals surface area (Å²) in [5.74, 6) is 0. The van der Waals surface area contributed by atoms with E-state index in [2.05, 4.69) is 10.3 Å². The van der Waals surface area contributed by atoms with Gasteiger partial charge in [-0.1, -0.05) is 6.07 Å². The average molecular weight is 281 g/mol. The zero-order valence-corrected chi connectivity index (χ0v) is 10.6. The van der Waals surface area contributed by atoms with Crippen molar-refractivity contribution in [2.75, 3.05) is 17.6 Å². The summed E-state index contributed by atoms with van der Waals surface area (Å²) in [4.78, 5) is 3.99. The van der Waals surface area contributed by atoms with Crippen LogP contribution in [0, 0.1) is 0 Å². The Kier molecular flexibility index (Phi) is 4.12. The topological polar surface area (TPSA) is 50.9 Å². The smallest absolute Gasteiger partial charge is 0.397 e. The van der Waals surface area contributed by atoms with Crippen molar-refractivity contribution in [1.82, 2.24) is 4.98 Å². The Hall–Kier alpha value is -2.24. The second-order valence-corrected chi connectivity index (χ2v) is 4.34. The molecule has 3 N–H and O–H groups in total. The third-order valence-corrected chi connectivity index (χ3v) is 2.83. The van der Waals surface area contributed by atoms with Crippen LogP contribution < -0.4 is 11.1 Å². The lowest BCUT2D eigenvalue weighted by Crippen LogP contribution is -2.09. The molecule has 0 aliphatic rings. The van der Waals surface area contributed by atoms with Crippen LogP contribution in [0.2, 0.25) is 0 Å². The Bertz CT molecular complexity index is 568. The number of nitrogen functional groups attached to an aromatic ring is 1. The van der Waals surface area contributed by atoms with E-state index in [4.69, 9.17) is 5.73 Å². The lowest BCUT2D eigenvalue weighted by Gasteiger charge is -2.12. The van der Waals surface area contributed by atoms with Crippen molar-refractivity contribution >= 4 is 11.4 Å². The molecule has 3 nitrogen and oxygen atoms in total. The number of pyridine rings is 1. The van der Waals surface area contributed by atoms with E-state index in [1.54, 1.807) is 12.4 Å². The molecule has 0 bridgehead atoms. The average Bonchev–Trinajstić information content (AvgIpc) is 2.40. The maximum atomic E-state index is 12.5. The van der Waals surface area contributed by atoms with Crippen LogP contribution in [-0.2, 0) is 12.6 Å². The fourth-order valence-corrected chi connectivity index (χ4v) is 1.79. The normalized spacial score (nSPS) is 11.3. The van der Waals surface area contributed by atoms with Crippen LogP contribution in [0.3, 0.4) is 0 Å². The Morgan fingerprint density at radius 2 is 2.00 bits per heavy atom. The molecule has 0 aliphatic heterocycles. The van der Waals surface area contributed by atoms with Gasteiger partial charge in [-0.2, -0.15) is 13.2 Å². The molecule has 0 spiro atoms. The van der Waals surface area contributed by atoms with E-state index >= 15 is 0 Å². The Morgan fingerprint density at radius 1 is 1.20 bits per heavy atom. The number of anilines is 2. The zero-order chi connectivity index (χ0) is 14.6. The molecule has 2 rings (SSSR count). The second-order valence-electron chi connectivity index (χ2n) is 4.34. The van der Waals surface area contributed by atoms with Crippen LogP contribution in [-0.4, -0.2) is 11.5 Å². The first kappa shape index (κ1) is 14.2. The highest BCUT2D eigenvalue weighted by molar-refractivity contribution is 5.67. The van der Waals surface area contributed by atoms with Gasteiger partial charge in [0.15, 0.2) is 0 Å². The maximum absolute atomic E-state index is 12.5. The van der Waals surface area contributed by atoms with E-state index in [1.807, 2.05) is 12.1 Å². The third kappa shape index (κ3) is 3.63. The molecular weight excluding hydrogens is 267 g/mol. The van der Waals surface area contributed by atoms with Crippen LogP contribution >= 0.6 is 0 Å². The molecule has 0 aliphatic carbocycles. The van der Waals surface area contributed by atoms with Crippen molar-refractivity contribution < 1.29 is 13.2 Å². The van der Waals surface area contributed by atoms with Gasteiger partial charge in [-0.3, -0.25) is 4.98 Å². The SMILES string of the molecule is Nc1cc(C(F)(F)F)ccc1NCCc1cccnc1. The molecule has 20 heavy (non-hydrogen) atoms. The first-order valence-corrected chi connectivity index (χ1v) is 6.06. The van der Waals surface area contributed by atoms with Crippen LogP contribution in [0.25, 0.3) is 0 Å². The number of hydrogen-bond acceptors (Lipinski definition) is 3. The molecule has 0 fully saturated rings. The predicted molar refractivity (Wildman–Crippen MR) is 72.3 cm³/mol. The number of nitrogens with one attached hydrogen (secondary N) is 1. The fourth-order valence-electron chi connectivity index (χ4n) is 1.79. The highest BCUT2D eigenvalue weighted by atomic mass is 19.4. The largest absolute Gasteiger partial charge is 0.416 e. The van der Waals surface area contributed by atoms with Gasteiger partial charge in [0.05, 0.1) is 16.9 Å². The lowest BCUT2D eigenvalue weighted by molar-refractivity contribution is -0.137. The minimum Gasteiger partial charge on any atom is -0.397 e. The highest BCUT2D eigenvalue weighted by Crippen LogP contribution is 2.32. The molecule has 2 aromatic rings. The third-order valence-electron chi connectivity index (χ3n) is 2.83. The number of alkyl halides is 3. The number of rotatable bonds is 4. The highest BCUT2D eigenvalue weighted by Gasteiger charge is 2.30. The lowest BCUT2D eigenvalue weighted by atomic mass is 10.1. The number of benzene rings is 1. The molecule has 0 saturated carbocycles. The fraction of sp³-hybridized carbons (Fsp3) is 0.214. The van der Waals surface area contributed by atoms with Gasteiger partial charge in [-0.05, 0) is 36.2 Å². The quantitative estimate of drug-likeness (QED) is 0.845. The Balaban J connectivity index is 1.97. The van der Waals surface area contributed by atoms with Gasteiger partial charge in [-0.15, -0.1) is 0 Å². The summed E-state index contributed by atoms with van der Waals surface area (Å²) in [6, 6.07) is 7.07. The van der Waals surface area contributed by atoms with Gasteiger partial charge in [0.1, 0.15) is 0 Å². The van der Waals surface area contributed by atoms with Crippen LogP contribution in [0.4, 0.5) is 24.5 Å². The second kappa shape index (κ2) is 5.81. The molecule has 1 heterocycles. The van der Waals surface area contributed by atoms with Gasteiger partial charge in [0.25, 0.3) is 0 Å². The van der Waals surface area contributed by atoms with E-state index in [9.17, 15) is 13.2 Å². The summed E-state index contributed by atoms with van der Waals surface area (Å²) in [6.07, 6.45) is -0.223. The summed E-state index contributed by atoms with van der Waals surface area (Å²) < 4.78 is 37.5. The minimum absolute atomic E-state index is 0.0889. The van der Waals surface area contributed by atoms with Crippen molar-refractivity contribution in [3.8, 4) is 0 Å². The monoisotopic (exact) mass is 281 g/mol. The predicted octanol–water partition coefficient (Wildman–Crippen LogP) is 3.34. The summed E-state index contributed by atoms with van der Waals surface area (Å²) >= 11 is 0. The standard InChI is InChI=1S/C14H14F3N3/c15-14(16,17)11-3-4-13(12(18)8-11)20-7-5-10-2-1-6-19-9-10/h1-4,6,8-9,20H,5,7,18H2. The summed E-state index contributed by atoms with van der Waals surface area (Å²) in [7, 11) is 0. The number of nitrogens with zero attached hydrogens (tertiary/aromatic N) is 1. The van der Waals surface area contributed by atoms with Crippen molar-refractivity contribution in [3.05, 3.63) is 53.9 Å². The van der Waals surface area contributed by atoms with Gasteiger partial charge in [-0.25, -0.2) is 0 Å². The van der Waals surface area contributed by atoms with E-state index in [-0.39, 0.29) is 5.69 Å². The molecule has 0 amide bonds. The van der Waals surface area contributed by atoms with Crippen LogP contribution in [0.1, 0.15) is 11.1 Å². The van der Waals surface area contributed by atoms with E-state index in [0.717, 1.165) is 17.7 Å². The Labute approximate surface area is 114 Å². The van der Waals surface area contributed by atoms with Gasteiger partial charge in [0, 0.05) is 18.9 Å². The zero-order valence-electron chi connectivity index (χ0n) is 10.6. The van der Waals surface area contributed by atoms with Gasteiger partial charge in [0.2, 0.25) is 0 Å². The molecule has 6 heteroatoms. The van der Waals surface area contributed by atoms with E-state index in [0.29, 0.717) is 18.7 Å². The van der Waals surface area contributed by atoms with Gasteiger partial charge >= 0.3 is 6.18 Å². The van der Waals surface area contributed by atoms with Crippen LogP contribution in [0.5, 0.6) is 0 Å². The maximum Gasteiger partial charge on any atom is 0.416 e. The molecule has 0 saturated heterocycles. The summed E-state index contributed by atoms with van der Waals surface area (Å²) in [5, 5.41) is 3.02. The van der Waals surface area contributed by atoms with Crippen molar-refractivity contribution in [2.24, 2.45) is 0 Å². The summed E-state index contributed by atoms with van der Waals surface area (Å²) in [5.41, 5.74) is 6.52. The molecular formula is C14H14F3N3. The van der Waals surface area contributed by atoms with E-state index < -0.39 is 11.7 Å². The Morgan fingerprint density at radius 3 is 2.60 bits per heavy atom. The molecule has 0 unspecified atom stereocenters. The number of aromatic nitrogens is 1. The molecule has 1 aromatic heterocycles. The molecule has 0 atom stereocenters. The van der Waals surface area contributed by atoms with Gasteiger partial charge < -0.3 is 11.1 Å². The van der Waals surface area contributed by atoms with Crippen molar-refractivity contribution in [2.45, 2.75) is 12.6 Å². The number of hydrogen-bond donors (Lipinski definition) is 2. The molecule has 106 valence electrons. The molecule has 0 radical (unpaired) electrons. The van der Waals surface area contributed by atoms with Crippen molar-refractivity contribution in [3.63, 3.8) is 0 Å². The first-order valence-electron chi connectivity index (χ1n) is 6.06. The number of halogens is 3. The van der Waals surface area contributed by atoms with Crippen molar-refractivity contribution in [1.29, 1.82) is 0 Å². The van der Waals surface area contributed by atoms with E-state index in [1.165, 1.54) is 6.07 Å².